The Hall–Kier alpha value is -1.06. The summed E-state index contributed by atoms with van der Waals surface area (Å²) < 4.78 is 5.26. The highest BCUT2D eigenvalue weighted by molar-refractivity contribution is 5.29. The van der Waals surface area contributed by atoms with Gasteiger partial charge in [0, 0.05) is 6.04 Å². The van der Waals surface area contributed by atoms with E-state index < -0.39 is 0 Å². The number of hydrazine groups is 1. The first-order valence-electron chi connectivity index (χ1n) is 6.82. The van der Waals surface area contributed by atoms with E-state index in [2.05, 4.69) is 24.5 Å². The van der Waals surface area contributed by atoms with Crippen LogP contribution >= 0.6 is 0 Å². The molecule has 2 rings (SSSR count). The van der Waals surface area contributed by atoms with E-state index in [9.17, 15) is 0 Å². The Bertz CT molecular complexity index is 381. The molecule has 1 aliphatic rings. The van der Waals surface area contributed by atoms with Gasteiger partial charge in [-0.1, -0.05) is 25.5 Å². The molecule has 0 saturated heterocycles. The van der Waals surface area contributed by atoms with Gasteiger partial charge < -0.3 is 4.74 Å². The molecule has 0 radical (unpaired) electrons. The van der Waals surface area contributed by atoms with Crippen LogP contribution in [0.5, 0.6) is 5.75 Å². The molecule has 3 unspecified atom stereocenters. The van der Waals surface area contributed by atoms with E-state index in [1.165, 1.54) is 24.8 Å². The summed E-state index contributed by atoms with van der Waals surface area (Å²) in [4.78, 5) is 0. The Morgan fingerprint density at radius 2 is 2.28 bits per heavy atom. The molecule has 100 valence electrons. The molecule has 1 aromatic carbocycles. The van der Waals surface area contributed by atoms with Crippen LogP contribution in [0.25, 0.3) is 0 Å². The summed E-state index contributed by atoms with van der Waals surface area (Å²) >= 11 is 0. The number of methoxy groups -OCH3 is 1. The lowest BCUT2D eigenvalue weighted by Gasteiger charge is -2.23. The molecule has 1 fully saturated rings. The highest BCUT2D eigenvalue weighted by atomic mass is 16.5. The summed E-state index contributed by atoms with van der Waals surface area (Å²) in [7, 11) is 1.70. The summed E-state index contributed by atoms with van der Waals surface area (Å²) in [5.41, 5.74) is 4.30. The molecule has 1 saturated carbocycles. The van der Waals surface area contributed by atoms with E-state index in [1.54, 1.807) is 7.11 Å². The zero-order valence-corrected chi connectivity index (χ0v) is 11.4. The smallest absolute Gasteiger partial charge is 0.119 e. The van der Waals surface area contributed by atoms with Crippen molar-refractivity contribution in [1.82, 2.24) is 5.43 Å². The molecule has 3 heteroatoms. The molecule has 0 aromatic heterocycles. The average Bonchev–Trinajstić information content (AvgIpc) is 2.82. The van der Waals surface area contributed by atoms with E-state index in [1.807, 2.05) is 12.1 Å². The van der Waals surface area contributed by atoms with Gasteiger partial charge in [-0.25, -0.2) is 0 Å². The highest BCUT2D eigenvalue weighted by Crippen LogP contribution is 2.33. The number of rotatable bonds is 5. The Labute approximate surface area is 110 Å². The predicted molar refractivity (Wildman–Crippen MR) is 74.3 cm³/mol. The summed E-state index contributed by atoms with van der Waals surface area (Å²) in [6.45, 7) is 2.33. The minimum atomic E-state index is 0.377. The minimum absolute atomic E-state index is 0.377. The minimum Gasteiger partial charge on any atom is -0.497 e. The van der Waals surface area contributed by atoms with Crippen molar-refractivity contribution < 1.29 is 4.74 Å². The summed E-state index contributed by atoms with van der Waals surface area (Å²) in [5.74, 6) is 8.20. The maximum Gasteiger partial charge on any atom is 0.119 e. The van der Waals surface area contributed by atoms with Gasteiger partial charge in [0.15, 0.2) is 0 Å². The van der Waals surface area contributed by atoms with E-state index >= 15 is 0 Å². The van der Waals surface area contributed by atoms with Gasteiger partial charge in [0.2, 0.25) is 0 Å². The second-order valence-electron chi connectivity index (χ2n) is 5.51. The number of nitrogens with two attached hydrogens (primary N) is 1. The quantitative estimate of drug-likeness (QED) is 0.622. The molecule has 0 aliphatic heterocycles. The van der Waals surface area contributed by atoms with Gasteiger partial charge in [-0.3, -0.25) is 11.3 Å². The molecule has 0 amide bonds. The van der Waals surface area contributed by atoms with Crippen molar-refractivity contribution in [3.8, 4) is 5.75 Å². The normalized spacial score (nSPS) is 25.1. The summed E-state index contributed by atoms with van der Waals surface area (Å²) in [6.07, 6.45) is 4.89. The average molecular weight is 248 g/mol. The van der Waals surface area contributed by atoms with Crippen LogP contribution in [0, 0.1) is 11.8 Å². The summed E-state index contributed by atoms with van der Waals surface area (Å²) in [5, 5.41) is 0. The number of hydrogen-bond acceptors (Lipinski definition) is 3. The largest absolute Gasteiger partial charge is 0.497 e. The molecule has 0 bridgehead atoms. The molecule has 3 N–H and O–H groups in total. The molecular weight excluding hydrogens is 224 g/mol. The fraction of sp³-hybridized carbons (Fsp3) is 0.600. The van der Waals surface area contributed by atoms with E-state index in [0.717, 1.165) is 18.1 Å². The van der Waals surface area contributed by atoms with Crippen LogP contribution in [0.15, 0.2) is 24.3 Å². The molecule has 1 aromatic rings. The van der Waals surface area contributed by atoms with E-state index in [4.69, 9.17) is 10.6 Å². The predicted octanol–water partition coefficient (Wildman–Crippen LogP) is 2.51. The van der Waals surface area contributed by atoms with Crippen LogP contribution in [0.2, 0.25) is 0 Å². The Balaban J connectivity index is 2.01. The molecule has 18 heavy (non-hydrogen) atoms. The first-order chi connectivity index (χ1) is 8.72. The first-order valence-corrected chi connectivity index (χ1v) is 6.82. The lowest BCUT2D eigenvalue weighted by atomic mass is 9.92. The van der Waals surface area contributed by atoms with E-state index in [-0.39, 0.29) is 0 Å². The van der Waals surface area contributed by atoms with Crippen LogP contribution in [-0.2, 0) is 6.42 Å². The van der Waals surface area contributed by atoms with Gasteiger partial charge in [-0.05, 0) is 48.8 Å². The van der Waals surface area contributed by atoms with Gasteiger partial charge in [0.05, 0.1) is 7.11 Å². The number of benzene rings is 1. The Kier molecular flexibility index (Phi) is 4.61. The molecule has 0 spiro atoms. The topological polar surface area (TPSA) is 47.3 Å². The van der Waals surface area contributed by atoms with Gasteiger partial charge in [-0.2, -0.15) is 0 Å². The van der Waals surface area contributed by atoms with Crippen molar-refractivity contribution in [2.45, 2.75) is 38.6 Å². The SMILES string of the molecule is COc1cccc(CC(NN)C2CCC(C)C2)c1. The van der Waals surface area contributed by atoms with Crippen molar-refractivity contribution in [1.29, 1.82) is 0 Å². The van der Waals surface area contributed by atoms with Crippen LogP contribution < -0.4 is 16.0 Å². The Morgan fingerprint density at radius 3 is 2.89 bits per heavy atom. The molecule has 3 nitrogen and oxygen atoms in total. The number of nitrogens with one attached hydrogen (secondary N) is 1. The third-order valence-electron chi connectivity index (χ3n) is 4.11. The molecule has 1 aliphatic carbocycles. The zero-order chi connectivity index (χ0) is 13.0. The third-order valence-corrected chi connectivity index (χ3v) is 4.11. The monoisotopic (exact) mass is 248 g/mol. The van der Waals surface area contributed by atoms with Crippen molar-refractivity contribution in [3.63, 3.8) is 0 Å². The van der Waals surface area contributed by atoms with Gasteiger partial charge in [-0.15, -0.1) is 0 Å². The van der Waals surface area contributed by atoms with Crippen LogP contribution in [0.3, 0.4) is 0 Å². The summed E-state index contributed by atoms with van der Waals surface area (Å²) in [6, 6.07) is 8.64. The molecular formula is C15H24N2O. The maximum atomic E-state index is 5.74. The number of hydrogen-bond donors (Lipinski definition) is 2. The van der Waals surface area contributed by atoms with Crippen LogP contribution in [-0.4, -0.2) is 13.2 Å². The molecule has 0 heterocycles. The lowest BCUT2D eigenvalue weighted by molar-refractivity contribution is 0.352. The molecule has 3 atom stereocenters. The second-order valence-corrected chi connectivity index (χ2v) is 5.51. The highest BCUT2D eigenvalue weighted by Gasteiger charge is 2.28. The second kappa shape index (κ2) is 6.21. The van der Waals surface area contributed by atoms with Crippen LogP contribution in [0.4, 0.5) is 0 Å². The van der Waals surface area contributed by atoms with Crippen molar-refractivity contribution in [2.24, 2.45) is 17.7 Å². The number of ether oxygens (including phenoxy) is 1. The third kappa shape index (κ3) is 3.24. The zero-order valence-electron chi connectivity index (χ0n) is 11.4. The van der Waals surface area contributed by atoms with Crippen molar-refractivity contribution >= 4 is 0 Å². The van der Waals surface area contributed by atoms with Gasteiger partial charge in [0.1, 0.15) is 5.75 Å². The van der Waals surface area contributed by atoms with Crippen molar-refractivity contribution in [3.05, 3.63) is 29.8 Å². The lowest BCUT2D eigenvalue weighted by Crippen LogP contribution is -2.41. The van der Waals surface area contributed by atoms with Gasteiger partial charge >= 0.3 is 0 Å². The van der Waals surface area contributed by atoms with Gasteiger partial charge in [0.25, 0.3) is 0 Å². The maximum absolute atomic E-state index is 5.74. The van der Waals surface area contributed by atoms with Crippen LogP contribution in [0.1, 0.15) is 31.7 Å². The van der Waals surface area contributed by atoms with E-state index in [0.29, 0.717) is 12.0 Å². The Morgan fingerprint density at radius 1 is 1.44 bits per heavy atom. The fourth-order valence-corrected chi connectivity index (χ4v) is 3.03. The standard InChI is InChI=1S/C15H24N2O/c1-11-6-7-13(8-11)15(17-16)10-12-4-3-5-14(9-12)18-2/h3-5,9,11,13,15,17H,6-8,10,16H2,1-2H3. The fourth-order valence-electron chi connectivity index (χ4n) is 3.03. The van der Waals surface area contributed by atoms with Crippen molar-refractivity contribution in [2.75, 3.05) is 7.11 Å². The first kappa shape index (κ1) is 13.4.